The molecule has 0 aromatic heterocycles. The van der Waals surface area contributed by atoms with Crippen LogP contribution in [0.25, 0.3) is 0 Å². The molecule has 1 heterocycles. The van der Waals surface area contributed by atoms with Gasteiger partial charge in [0.05, 0.1) is 11.5 Å². The first-order chi connectivity index (χ1) is 9.02. The Morgan fingerprint density at radius 2 is 2.00 bits per heavy atom. The fraction of sp³-hybridized carbons (Fsp3) is 0.571. The van der Waals surface area contributed by atoms with E-state index in [-0.39, 0.29) is 6.04 Å². The van der Waals surface area contributed by atoms with Crippen LogP contribution in [0.3, 0.4) is 0 Å². The molecule has 1 aromatic rings. The number of hydrogen-bond donors (Lipinski definition) is 1. The molecule has 5 heteroatoms. The van der Waals surface area contributed by atoms with Crippen LogP contribution >= 0.6 is 0 Å². The van der Waals surface area contributed by atoms with Crippen LogP contribution in [-0.4, -0.2) is 34.9 Å². The highest BCUT2D eigenvalue weighted by Gasteiger charge is 2.24. The van der Waals surface area contributed by atoms with Gasteiger partial charge in [-0.25, -0.2) is 8.42 Å². The fourth-order valence-electron chi connectivity index (χ4n) is 2.63. The van der Waals surface area contributed by atoms with Crippen LogP contribution in [0.2, 0.25) is 0 Å². The largest absolute Gasteiger partial charge is 0.381 e. The molecule has 0 amide bonds. The maximum atomic E-state index is 11.4. The van der Waals surface area contributed by atoms with Gasteiger partial charge in [-0.2, -0.15) is 0 Å². The van der Waals surface area contributed by atoms with Gasteiger partial charge in [-0.05, 0) is 37.6 Å². The van der Waals surface area contributed by atoms with Gasteiger partial charge in [0.25, 0.3) is 0 Å². The van der Waals surface area contributed by atoms with E-state index in [9.17, 15) is 8.42 Å². The van der Waals surface area contributed by atoms with Crippen molar-refractivity contribution in [3.05, 3.63) is 29.8 Å². The molecule has 1 aliphatic rings. The van der Waals surface area contributed by atoms with Crippen LogP contribution in [0.15, 0.2) is 29.2 Å². The topological polar surface area (TPSA) is 55.4 Å². The highest BCUT2D eigenvalue weighted by molar-refractivity contribution is 7.90. The van der Waals surface area contributed by atoms with Crippen molar-refractivity contribution in [3.8, 4) is 0 Å². The third-order valence-electron chi connectivity index (χ3n) is 3.65. The Bertz CT molecular complexity index is 504. The van der Waals surface area contributed by atoms with Crippen molar-refractivity contribution < 1.29 is 13.2 Å². The molecule has 1 fully saturated rings. The quantitative estimate of drug-likeness (QED) is 0.915. The lowest BCUT2D eigenvalue weighted by molar-refractivity contribution is 0.0402. The maximum absolute atomic E-state index is 11.4. The molecule has 0 spiro atoms. The lowest BCUT2D eigenvalue weighted by atomic mass is 9.89. The van der Waals surface area contributed by atoms with Gasteiger partial charge in [0.2, 0.25) is 0 Å². The molecule has 1 aliphatic heterocycles. The van der Waals surface area contributed by atoms with Crippen LogP contribution < -0.4 is 5.32 Å². The van der Waals surface area contributed by atoms with Gasteiger partial charge in [0.15, 0.2) is 9.84 Å². The van der Waals surface area contributed by atoms with Crippen molar-refractivity contribution in [3.63, 3.8) is 0 Å². The zero-order chi connectivity index (χ0) is 13.9. The predicted octanol–water partition coefficient (Wildman–Crippen LogP) is 1.78. The third-order valence-corrected chi connectivity index (χ3v) is 4.77. The van der Waals surface area contributed by atoms with E-state index in [0.29, 0.717) is 10.8 Å². The molecule has 106 valence electrons. The first-order valence-electron chi connectivity index (χ1n) is 6.57. The minimum atomic E-state index is -3.12. The number of rotatable bonds is 4. The first-order valence-corrected chi connectivity index (χ1v) is 8.46. The SMILES string of the molecule is CNC(c1ccc(S(C)(=O)=O)cc1)C1CCCOC1. The van der Waals surface area contributed by atoms with Crippen LogP contribution in [0.4, 0.5) is 0 Å². The van der Waals surface area contributed by atoms with Crippen LogP contribution in [0.5, 0.6) is 0 Å². The second kappa shape index (κ2) is 6.03. The molecular formula is C14H21NO3S. The lowest BCUT2D eigenvalue weighted by Gasteiger charge is -2.30. The molecule has 0 radical (unpaired) electrons. The Morgan fingerprint density at radius 3 is 2.47 bits per heavy atom. The summed E-state index contributed by atoms with van der Waals surface area (Å²) in [5.74, 6) is 0.447. The standard InChI is InChI=1S/C14H21NO3S/c1-15-14(12-4-3-9-18-10-12)11-5-7-13(8-6-11)19(2,16)17/h5-8,12,14-15H,3-4,9-10H2,1-2H3. The fourth-order valence-corrected chi connectivity index (χ4v) is 3.26. The van der Waals surface area contributed by atoms with Crippen LogP contribution in [-0.2, 0) is 14.6 Å². The maximum Gasteiger partial charge on any atom is 0.175 e. The Kier molecular flexibility index (Phi) is 4.60. The third kappa shape index (κ3) is 3.55. The zero-order valence-electron chi connectivity index (χ0n) is 11.4. The van der Waals surface area contributed by atoms with E-state index >= 15 is 0 Å². The van der Waals surface area contributed by atoms with Crippen molar-refractivity contribution in [1.82, 2.24) is 5.32 Å². The number of ether oxygens (including phenoxy) is 1. The molecular weight excluding hydrogens is 262 g/mol. The molecule has 0 saturated carbocycles. The smallest absolute Gasteiger partial charge is 0.175 e. The van der Waals surface area contributed by atoms with Gasteiger partial charge in [0.1, 0.15) is 0 Å². The summed E-state index contributed by atoms with van der Waals surface area (Å²) in [6.45, 7) is 1.61. The van der Waals surface area contributed by atoms with Crippen molar-refractivity contribution in [1.29, 1.82) is 0 Å². The van der Waals surface area contributed by atoms with E-state index in [1.165, 1.54) is 6.26 Å². The molecule has 2 unspecified atom stereocenters. The van der Waals surface area contributed by atoms with E-state index in [4.69, 9.17) is 4.74 Å². The monoisotopic (exact) mass is 283 g/mol. The molecule has 0 aliphatic carbocycles. The van der Waals surface area contributed by atoms with Gasteiger partial charge in [-0.1, -0.05) is 12.1 Å². The second-order valence-corrected chi connectivity index (χ2v) is 7.10. The van der Waals surface area contributed by atoms with Crippen molar-refractivity contribution in [2.24, 2.45) is 5.92 Å². The minimum Gasteiger partial charge on any atom is -0.381 e. The summed E-state index contributed by atoms with van der Waals surface area (Å²) in [5, 5.41) is 3.32. The summed E-state index contributed by atoms with van der Waals surface area (Å²) in [6.07, 6.45) is 3.45. The predicted molar refractivity (Wildman–Crippen MR) is 74.9 cm³/mol. The molecule has 2 rings (SSSR count). The average Bonchev–Trinajstić information content (AvgIpc) is 2.40. The normalized spacial score (nSPS) is 22.1. The summed E-state index contributed by atoms with van der Waals surface area (Å²) in [6, 6.07) is 7.37. The molecule has 0 bridgehead atoms. The summed E-state index contributed by atoms with van der Waals surface area (Å²) in [7, 11) is -1.19. The van der Waals surface area contributed by atoms with Gasteiger partial charge in [-0.3, -0.25) is 0 Å². The van der Waals surface area contributed by atoms with Gasteiger partial charge in [0, 0.05) is 24.8 Å². The number of nitrogens with one attached hydrogen (secondary N) is 1. The van der Waals surface area contributed by atoms with E-state index in [1.807, 2.05) is 19.2 Å². The zero-order valence-corrected chi connectivity index (χ0v) is 12.2. The Balaban J connectivity index is 2.19. The van der Waals surface area contributed by atoms with E-state index in [2.05, 4.69) is 5.32 Å². The lowest BCUT2D eigenvalue weighted by Crippen LogP contribution is -2.31. The number of hydrogen-bond acceptors (Lipinski definition) is 4. The average molecular weight is 283 g/mol. The molecule has 1 N–H and O–H groups in total. The van der Waals surface area contributed by atoms with E-state index < -0.39 is 9.84 Å². The van der Waals surface area contributed by atoms with Crippen LogP contribution in [0.1, 0.15) is 24.4 Å². The highest BCUT2D eigenvalue weighted by Crippen LogP contribution is 2.29. The summed E-state index contributed by atoms with van der Waals surface area (Å²) in [5.41, 5.74) is 1.12. The Hall–Kier alpha value is -0.910. The van der Waals surface area contributed by atoms with Crippen LogP contribution in [0, 0.1) is 5.92 Å². The number of benzene rings is 1. The van der Waals surface area contributed by atoms with Crippen molar-refractivity contribution >= 4 is 9.84 Å². The van der Waals surface area contributed by atoms with E-state index in [0.717, 1.165) is 31.6 Å². The van der Waals surface area contributed by atoms with Crippen molar-refractivity contribution in [2.45, 2.75) is 23.8 Å². The van der Waals surface area contributed by atoms with Gasteiger partial charge >= 0.3 is 0 Å². The molecule has 4 nitrogen and oxygen atoms in total. The van der Waals surface area contributed by atoms with E-state index in [1.54, 1.807) is 12.1 Å². The highest BCUT2D eigenvalue weighted by atomic mass is 32.2. The second-order valence-electron chi connectivity index (χ2n) is 5.08. The molecule has 2 atom stereocenters. The summed E-state index contributed by atoms with van der Waals surface area (Å²) >= 11 is 0. The first kappa shape index (κ1) is 14.5. The summed E-state index contributed by atoms with van der Waals surface area (Å²) < 4.78 is 28.4. The minimum absolute atomic E-state index is 0.217. The van der Waals surface area contributed by atoms with Crippen molar-refractivity contribution in [2.75, 3.05) is 26.5 Å². The summed E-state index contributed by atoms with van der Waals surface area (Å²) in [4.78, 5) is 0.367. The number of sulfone groups is 1. The van der Waals surface area contributed by atoms with Gasteiger partial charge < -0.3 is 10.1 Å². The Morgan fingerprint density at radius 1 is 1.32 bits per heavy atom. The molecule has 19 heavy (non-hydrogen) atoms. The molecule has 1 saturated heterocycles. The van der Waals surface area contributed by atoms with Gasteiger partial charge in [-0.15, -0.1) is 0 Å². The molecule has 1 aromatic carbocycles. The Labute approximate surface area is 115 Å².